The lowest BCUT2D eigenvalue weighted by molar-refractivity contribution is -0.134. The molecular weight excluding hydrogens is 386 g/mol. The van der Waals surface area contributed by atoms with Crippen molar-refractivity contribution in [1.29, 1.82) is 0 Å². The highest BCUT2D eigenvalue weighted by molar-refractivity contribution is 5.86. The van der Waals surface area contributed by atoms with E-state index < -0.39 is 5.41 Å². The third kappa shape index (κ3) is 5.93. The molecule has 3 rings (SSSR count). The molecule has 0 spiro atoms. The van der Waals surface area contributed by atoms with Crippen LogP contribution in [0.2, 0.25) is 0 Å². The van der Waals surface area contributed by atoms with Crippen molar-refractivity contribution >= 4 is 11.8 Å². The number of nitrogens with zero attached hydrogens (tertiary/aromatic N) is 2. The van der Waals surface area contributed by atoms with Crippen molar-refractivity contribution in [1.82, 2.24) is 15.2 Å². The highest BCUT2D eigenvalue weighted by atomic mass is 16.2. The van der Waals surface area contributed by atoms with Gasteiger partial charge in [0.25, 0.3) is 0 Å². The van der Waals surface area contributed by atoms with Gasteiger partial charge in [0.1, 0.15) is 0 Å². The first-order valence-electron chi connectivity index (χ1n) is 11.2. The number of amides is 2. The Morgan fingerprint density at radius 2 is 1.84 bits per heavy atom. The van der Waals surface area contributed by atoms with Crippen molar-refractivity contribution in [2.45, 2.75) is 59.9 Å². The Balaban J connectivity index is 1.86. The zero-order valence-electron chi connectivity index (χ0n) is 19.4. The minimum absolute atomic E-state index is 0.0443. The van der Waals surface area contributed by atoms with Gasteiger partial charge in [0, 0.05) is 37.9 Å². The number of hydrogen-bond donors (Lipinski definition) is 1. The fraction of sp³-hybridized carbons (Fsp3) is 0.500. The van der Waals surface area contributed by atoms with Crippen molar-refractivity contribution in [3.8, 4) is 11.1 Å². The van der Waals surface area contributed by atoms with Gasteiger partial charge in [-0.15, -0.1) is 0 Å². The molecule has 1 aliphatic rings. The first-order chi connectivity index (χ1) is 14.6. The number of hydrogen-bond acceptors (Lipinski definition) is 3. The maximum atomic E-state index is 13.3. The van der Waals surface area contributed by atoms with E-state index in [0.29, 0.717) is 32.4 Å². The number of nitrogens with one attached hydrogen (secondary N) is 1. The fourth-order valence-electron chi connectivity index (χ4n) is 4.27. The second-order valence-electron chi connectivity index (χ2n) is 10.3. The number of rotatable bonds is 6. The predicted molar refractivity (Wildman–Crippen MR) is 124 cm³/mol. The summed E-state index contributed by atoms with van der Waals surface area (Å²) in [6.07, 6.45) is 5.36. The number of carbonyl (C=O) groups excluding carboxylic acids is 2. The van der Waals surface area contributed by atoms with E-state index in [1.807, 2.05) is 36.9 Å². The van der Waals surface area contributed by atoms with Crippen LogP contribution in [0.25, 0.3) is 11.1 Å². The van der Waals surface area contributed by atoms with E-state index in [1.54, 1.807) is 12.4 Å². The standard InChI is InChI=1S/C26H35N3O2/c1-19(2)28-24(31)26(11-14-29(18-26)23(30)17-25(3,4)5)16-20-7-6-8-22(15-20)21-9-12-27-13-10-21/h6-10,12-13,15,19H,11,14,16-18H2,1-5H3,(H,28,31)/t26-/m1/s1. The van der Waals surface area contributed by atoms with E-state index in [2.05, 4.69) is 49.3 Å². The molecule has 5 heteroatoms. The number of aromatic nitrogens is 1. The summed E-state index contributed by atoms with van der Waals surface area (Å²) in [7, 11) is 0. The Morgan fingerprint density at radius 3 is 2.48 bits per heavy atom. The molecule has 1 saturated heterocycles. The average molecular weight is 422 g/mol. The molecule has 1 aromatic carbocycles. The van der Waals surface area contributed by atoms with E-state index in [9.17, 15) is 9.59 Å². The molecule has 1 atom stereocenters. The minimum atomic E-state index is -0.602. The lowest BCUT2D eigenvalue weighted by Gasteiger charge is -2.30. The predicted octanol–water partition coefficient (Wildman–Crippen LogP) is 4.47. The van der Waals surface area contributed by atoms with Crippen LogP contribution < -0.4 is 5.32 Å². The summed E-state index contributed by atoms with van der Waals surface area (Å²) in [5.74, 6) is 0.181. The summed E-state index contributed by atoms with van der Waals surface area (Å²) < 4.78 is 0. The second kappa shape index (κ2) is 9.21. The lowest BCUT2D eigenvalue weighted by atomic mass is 9.79. The molecule has 1 aliphatic heterocycles. The number of carbonyl (C=O) groups is 2. The van der Waals surface area contributed by atoms with Gasteiger partial charge in [0.2, 0.25) is 11.8 Å². The zero-order valence-corrected chi connectivity index (χ0v) is 19.4. The molecule has 0 aliphatic carbocycles. The molecule has 2 heterocycles. The molecule has 0 radical (unpaired) electrons. The number of pyridine rings is 1. The van der Waals surface area contributed by atoms with Gasteiger partial charge in [0.05, 0.1) is 5.41 Å². The monoisotopic (exact) mass is 421 g/mol. The highest BCUT2D eigenvalue weighted by Crippen LogP contribution is 2.37. The maximum absolute atomic E-state index is 13.3. The first kappa shape index (κ1) is 23.0. The van der Waals surface area contributed by atoms with Gasteiger partial charge in [-0.2, -0.15) is 0 Å². The molecular formula is C26H35N3O2. The molecule has 0 unspecified atom stereocenters. The Hall–Kier alpha value is -2.69. The second-order valence-corrected chi connectivity index (χ2v) is 10.3. The SMILES string of the molecule is CC(C)NC(=O)[C@@]1(Cc2cccc(-c3ccncc3)c2)CCN(C(=O)CC(C)(C)C)C1. The van der Waals surface area contributed by atoms with E-state index >= 15 is 0 Å². The Morgan fingerprint density at radius 1 is 1.13 bits per heavy atom. The van der Waals surface area contributed by atoms with Gasteiger partial charge in [0.15, 0.2) is 0 Å². The molecule has 31 heavy (non-hydrogen) atoms. The minimum Gasteiger partial charge on any atom is -0.353 e. The molecule has 2 amide bonds. The summed E-state index contributed by atoms with van der Waals surface area (Å²) in [4.78, 5) is 32.2. The van der Waals surface area contributed by atoms with Crippen LogP contribution in [-0.4, -0.2) is 40.8 Å². The van der Waals surface area contributed by atoms with Crippen LogP contribution in [0.5, 0.6) is 0 Å². The van der Waals surface area contributed by atoms with E-state index in [0.717, 1.165) is 16.7 Å². The van der Waals surface area contributed by atoms with E-state index in [4.69, 9.17) is 0 Å². The normalized spacial score (nSPS) is 19.0. The molecule has 1 aromatic heterocycles. The summed E-state index contributed by atoms with van der Waals surface area (Å²) in [6, 6.07) is 12.4. The summed E-state index contributed by atoms with van der Waals surface area (Å²) in [5, 5.41) is 3.11. The quantitative estimate of drug-likeness (QED) is 0.748. The van der Waals surface area contributed by atoms with Crippen molar-refractivity contribution in [3.05, 3.63) is 54.4 Å². The van der Waals surface area contributed by atoms with Gasteiger partial charge in [-0.3, -0.25) is 14.6 Å². The molecule has 0 bridgehead atoms. The van der Waals surface area contributed by atoms with E-state index in [-0.39, 0.29) is 23.3 Å². The average Bonchev–Trinajstić information content (AvgIpc) is 3.13. The van der Waals surface area contributed by atoms with Crippen molar-refractivity contribution in [3.63, 3.8) is 0 Å². The van der Waals surface area contributed by atoms with Crippen molar-refractivity contribution in [2.75, 3.05) is 13.1 Å². The van der Waals surface area contributed by atoms with Crippen LogP contribution >= 0.6 is 0 Å². The Bertz CT molecular complexity index is 918. The van der Waals surface area contributed by atoms with Gasteiger partial charge in [-0.05, 0) is 60.9 Å². The largest absolute Gasteiger partial charge is 0.353 e. The van der Waals surface area contributed by atoms with Crippen LogP contribution in [0.1, 0.15) is 53.0 Å². The zero-order chi connectivity index (χ0) is 22.6. The number of likely N-dealkylation sites (tertiary alicyclic amines) is 1. The topological polar surface area (TPSA) is 62.3 Å². The van der Waals surface area contributed by atoms with E-state index in [1.165, 1.54) is 0 Å². The van der Waals surface area contributed by atoms with Gasteiger partial charge in [-0.25, -0.2) is 0 Å². The lowest BCUT2D eigenvalue weighted by Crippen LogP contribution is -2.47. The highest BCUT2D eigenvalue weighted by Gasteiger charge is 2.46. The third-order valence-corrected chi connectivity index (χ3v) is 5.77. The Kier molecular flexibility index (Phi) is 6.83. The van der Waals surface area contributed by atoms with Gasteiger partial charge < -0.3 is 10.2 Å². The molecule has 5 nitrogen and oxygen atoms in total. The molecule has 166 valence electrons. The van der Waals surface area contributed by atoms with Gasteiger partial charge >= 0.3 is 0 Å². The van der Waals surface area contributed by atoms with Crippen LogP contribution in [0.15, 0.2) is 48.8 Å². The molecule has 1 fully saturated rings. The van der Waals surface area contributed by atoms with Crippen LogP contribution in [0, 0.1) is 10.8 Å². The van der Waals surface area contributed by atoms with Crippen LogP contribution in [0.3, 0.4) is 0 Å². The first-order valence-corrected chi connectivity index (χ1v) is 11.2. The van der Waals surface area contributed by atoms with Crippen LogP contribution in [-0.2, 0) is 16.0 Å². The van der Waals surface area contributed by atoms with Crippen molar-refractivity contribution in [2.24, 2.45) is 10.8 Å². The summed E-state index contributed by atoms with van der Waals surface area (Å²) in [6.45, 7) is 11.3. The summed E-state index contributed by atoms with van der Waals surface area (Å²) >= 11 is 0. The molecule has 1 N–H and O–H groups in total. The molecule has 2 aromatic rings. The fourth-order valence-corrected chi connectivity index (χ4v) is 4.27. The summed E-state index contributed by atoms with van der Waals surface area (Å²) in [5.41, 5.74) is 2.65. The van der Waals surface area contributed by atoms with Crippen molar-refractivity contribution < 1.29 is 9.59 Å². The molecule has 0 saturated carbocycles. The Labute approximate surface area is 186 Å². The van der Waals surface area contributed by atoms with Crippen LogP contribution in [0.4, 0.5) is 0 Å². The smallest absolute Gasteiger partial charge is 0.228 e. The van der Waals surface area contributed by atoms with Gasteiger partial charge in [-0.1, -0.05) is 45.0 Å². The number of benzene rings is 1. The third-order valence-electron chi connectivity index (χ3n) is 5.77. The maximum Gasteiger partial charge on any atom is 0.228 e.